The number of H-pyrrole nitrogens is 1. The fourth-order valence-electron chi connectivity index (χ4n) is 4.89. The van der Waals surface area contributed by atoms with Gasteiger partial charge in [-0.3, -0.25) is 4.79 Å². The highest BCUT2D eigenvalue weighted by Gasteiger charge is 2.22. The molecule has 1 heterocycles. The molecule has 1 aromatic heterocycles. The molecule has 43 heavy (non-hydrogen) atoms. The highest BCUT2D eigenvalue weighted by Crippen LogP contribution is 2.39. The number of benzene rings is 5. The first-order chi connectivity index (χ1) is 20.9. The molecule has 0 aliphatic heterocycles. The Morgan fingerprint density at radius 2 is 1.72 bits per heavy atom. The van der Waals surface area contributed by atoms with E-state index in [2.05, 4.69) is 31.4 Å². The lowest BCUT2D eigenvalue weighted by Gasteiger charge is -2.09. The number of carbonyl (C=O) groups excluding carboxylic acids is 2. The van der Waals surface area contributed by atoms with Crippen LogP contribution in [0.3, 0.4) is 0 Å². The molecular weight excluding hydrogens is 630 g/mol. The van der Waals surface area contributed by atoms with E-state index >= 15 is 0 Å². The van der Waals surface area contributed by atoms with E-state index in [1.54, 1.807) is 48.5 Å². The average Bonchev–Trinajstić information content (AvgIpc) is 3.42. The van der Waals surface area contributed by atoms with Crippen LogP contribution in [0.1, 0.15) is 26.4 Å². The van der Waals surface area contributed by atoms with Crippen LogP contribution in [0.2, 0.25) is 5.02 Å². The van der Waals surface area contributed by atoms with Crippen LogP contribution in [0.15, 0.2) is 113 Å². The summed E-state index contributed by atoms with van der Waals surface area (Å²) in [6.45, 7) is 0. The Morgan fingerprint density at radius 1 is 0.907 bits per heavy atom. The molecule has 0 aliphatic carbocycles. The second-order valence-electron chi connectivity index (χ2n) is 9.57. The number of hydrogen-bond acceptors (Lipinski definition) is 5. The van der Waals surface area contributed by atoms with Gasteiger partial charge in [-0.1, -0.05) is 88.2 Å². The van der Waals surface area contributed by atoms with Crippen LogP contribution >= 0.6 is 27.5 Å². The van der Waals surface area contributed by atoms with Gasteiger partial charge in [-0.25, -0.2) is 10.2 Å². The maximum Gasteiger partial charge on any atom is 0.343 e. The van der Waals surface area contributed by atoms with Crippen molar-refractivity contribution in [3.05, 3.63) is 129 Å². The quantitative estimate of drug-likeness (QED) is 0.0784. The second kappa shape index (κ2) is 12.1. The maximum absolute atomic E-state index is 13.6. The molecule has 0 saturated heterocycles. The van der Waals surface area contributed by atoms with Gasteiger partial charge in [0, 0.05) is 37.0 Å². The number of methoxy groups -OCH3 is 1. The van der Waals surface area contributed by atoms with E-state index in [4.69, 9.17) is 21.1 Å². The highest BCUT2D eigenvalue weighted by molar-refractivity contribution is 9.10. The lowest BCUT2D eigenvalue weighted by molar-refractivity contribution is 0.0733. The largest absolute Gasteiger partial charge is 0.497 e. The van der Waals surface area contributed by atoms with Crippen molar-refractivity contribution in [3.8, 4) is 22.6 Å². The van der Waals surface area contributed by atoms with Crippen molar-refractivity contribution < 1.29 is 19.1 Å². The molecule has 5 aromatic carbocycles. The van der Waals surface area contributed by atoms with Gasteiger partial charge in [-0.15, -0.1) is 0 Å². The lowest BCUT2D eigenvalue weighted by atomic mass is 9.99. The zero-order valence-corrected chi connectivity index (χ0v) is 25.1. The van der Waals surface area contributed by atoms with E-state index in [9.17, 15) is 9.59 Å². The zero-order valence-electron chi connectivity index (χ0n) is 22.7. The van der Waals surface area contributed by atoms with E-state index in [0.29, 0.717) is 33.2 Å². The first-order valence-electron chi connectivity index (χ1n) is 13.2. The van der Waals surface area contributed by atoms with E-state index in [1.807, 2.05) is 54.6 Å². The number of rotatable bonds is 7. The molecule has 0 spiro atoms. The van der Waals surface area contributed by atoms with E-state index in [0.717, 1.165) is 31.7 Å². The van der Waals surface area contributed by atoms with Gasteiger partial charge < -0.3 is 14.5 Å². The van der Waals surface area contributed by atoms with Crippen LogP contribution in [-0.2, 0) is 0 Å². The Balaban J connectivity index is 1.32. The number of fused-ring (bicyclic) bond motifs is 3. The van der Waals surface area contributed by atoms with Crippen LogP contribution in [0.25, 0.3) is 32.8 Å². The van der Waals surface area contributed by atoms with Crippen molar-refractivity contribution in [3.63, 3.8) is 0 Å². The number of amides is 1. The minimum Gasteiger partial charge on any atom is -0.497 e. The minimum absolute atomic E-state index is 0.267. The zero-order chi connectivity index (χ0) is 29.9. The Morgan fingerprint density at radius 3 is 2.56 bits per heavy atom. The fourth-order valence-corrected chi connectivity index (χ4v) is 5.50. The van der Waals surface area contributed by atoms with Gasteiger partial charge >= 0.3 is 5.97 Å². The summed E-state index contributed by atoms with van der Waals surface area (Å²) >= 11 is 10.0. The van der Waals surface area contributed by atoms with Gasteiger partial charge in [0.05, 0.1) is 24.4 Å². The number of carbonyl (C=O) groups is 2. The van der Waals surface area contributed by atoms with E-state index < -0.39 is 11.9 Å². The van der Waals surface area contributed by atoms with Crippen LogP contribution in [-0.4, -0.2) is 30.2 Å². The number of aromatic amines is 1. The highest BCUT2D eigenvalue weighted by atomic mass is 79.9. The summed E-state index contributed by atoms with van der Waals surface area (Å²) in [5.74, 6) is -0.218. The third-order valence-electron chi connectivity index (χ3n) is 6.92. The SMILES string of the molecule is COc1cccc(C(=O)Oc2ccc(Br)cc2C=NNC(=O)c2[nH]c3c(ccc4ccccc43)c2-c2ccccc2Cl)c1. The standard InChI is InChI=1S/C34H23BrClN3O4/c1-42-24-9-6-8-21(18-24)34(41)43-29-16-14-23(35)17-22(29)19-37-39-33(40)32-30(26-11-4-5-12-28(26)36)27-15-13-20-7-2-3-10-25(20)31(27)38-32/h2-19,38H,1H3,(H,39,40). The molecule has 0 unspecified atom stereocenters. The summed E-state index contributed by atoms with van der Waals surface area (Å²) in [6.07, 6.45) is 1.42. The number of aromatic nitrogens is 1. The average molecular weight is 653 g/mol. The maximum atomic E-state index is 13.6. The fraction of sp³-hybridized carbons (Fsp3) is 0.0294. The van der Waals surface area contributed by atoms with Crippen LogP contribution in [0.4, 0.5) is 0 Å². The molecule has 1 amide bonds. The number of esters is 1. The molecule has 6 rings (SSSR count). The predicted molar refractivity (Wildman–Crippen MR) is 173 cm³/mol. The molecular formula is C34H23BrClN3O4. The Hall–Kier alpha value is -4.92. The topological polar surface area (TPSA) is 92.8 Å². The molecule has 0 bridgehead atoms. The van der Waals surface area contributed by atoms with Crippen molar-refractivity contribution in [2.45, 2.75) is 0 Å². The number of ether oxygens (including phenoxy) is 2. The number of nitrogens with one attached hydrogen (secondary N) is 2. The Bertz CT molecular complexity index is 2050. The van der Waals surface area contributed by atoms with Gasteiger partial charge in [0.15, 0.2) is 0 Å². The third kappa shape index (κ3) is 5.75. The van der Waals surface area contributed by atoms with Gasteiger partial charge in [0.1, 0.15) is 17.2 Å². The van der Waals surface area contributed by atoms with Gasteiger partial charge in [0.2, 0.25) is 0 Å². The van der Waals surface area contributed by atoms with E-state index in [1.165, 1.54) is 13.3 Å². The summed E-state index contributed by atoms with van der Waals surface area (Å²) < 4.78 is 11.6. The Kier molecular flexibility index (Phi) is 7.96. The smallest absolute Gasteiger partial charge is 0.343 e. The summed E-state index contributed by atoms with van der Waals surface area (Å²) in [6, 6.07) is 31.1. The molecule has 6 aromatic rings. The predicted octanol–water partition coefficient (Wildman–Crippen LogP) is 8.40. The monoisotopic (exact) mass is 651 g/mol. The second-order valence-corrected chi connectivity index (χ2v) is 10.9. The van der Waals surface area contributed by atoms with Gasteiger partial charge in [-0.2, -0.15) is 5.10 Å². The summed E-state index contributed by atoms with van der Waals surface area (Å²) in [5, 5.41) is 7.61. The minimum atomic E-state index is -0.561. The van der Waals surface area contributed by atoms with Crippen molar-refractivity contribution in [2.24, 2.45) is 5.10 Å². The van der Waals surface area contributed by atoms with Crippen molar-refractivity contribution in [2.75, 3.05) is 7.11 Å². The summed E-state index contributed by atoms with van der Waals surface area (Å²) in [5.41, 5.74) is 5.95. The van der Waals surface area contributed by atoms with Crippen LogP contribution in [0.5, 0.6) is 11.5 Å². The first-order valence-corrected chi connectivity index (χ1v) is 14.4. The molecule has 0 fully saturated rings. The summed E-state index contributed by atoms with van der Waals surface area (Å²) in [7, 11) is 1.53. The first kappa shape index (κ1) is 28.2. The molecule has 7 nitrogen and oxygen atoms in total. The molecule has 0 aliphatic rings. The molecule has 0 atom stereocenters. The molecule has 9 heteroatoms. The van der Waals surface area contributed by atoms with Gasteiger partial charge in [0.25, 0.3) is 5.91 Å². The van der Waals surface area contributed by atoms with Crippen molar-refractivity contribution >= 4 is 67.3 Å². The number of nitrogens with zero attached hydrogens (tertiary/aromatic N) is 1. The molecule has 0 saturated carbocycles. The van der Waals surface area contributed by atoms with E-state index in [-0.39, 0.29) is 5.75 Å². The van der Waals surface area contributed by atoms with Gasteiger partial charge in [-0.05, 0) is 47.9 Å². The van der Waals surface area contributed by atoms with Crippen LogP contribution in [0, 0.1) is 0 Å². The molecule has 0 radical (unpaired) electrons. The number of halogens is 2. The molecule has 2 N–H and O–H groups in total. The Labute approximate surface area is 260 Å². The normalized spacial score (nSPS) is 11.2. The number of hydrazone groups is 1. The third-order valence-corrected chi connectivity index (χ3v) is 7.74. The summed E-state index contributed by atoms with van der Waals surface area (Å²) in [4.78, 5) is 29.8. The molecule has 212 valence electrons. The van der Waals surface area contributed by atoms with Crippen molar-refractivity contribution in [1.29, 1.82) is 0 Å². The number of hydrogen-bond donors (Lipinski definition) is 2. The lowest BCUT2D eigenvalue weighted by Crippen LogP contribution is -2.19. The van der Waals surface area contributed by atoms with Crippen LogP contribution < -0.4 is 14.9 Å². The van der Waals surface area contributed by atoms with Crippen molar-refractivity contribution in [1.82, 2.24) is 10.4 Å².